The van der Waals surface area contributed by atoms with Gasteiger partial charge in [-0.3, -0.25) is 14.8 Å². The number of nitrogens with zero attached hydrogens (tertiary/aromatic N) is 1. The number of nitrogens with one attached hydrogen (secondary N) is 1. The molecule has 0 spiro atoms. The topological polar surface area (TPSA) is 122 Å². The number of sulfonamides is 1. The predicted molar refractivity (Wildman–Crippen MR) is 112 cm³/mol. The van der Waals surface area contributed by atoms with Gasteiger partial charge in [0.1, 0.15) is 22.9 Å². The van der Waals surface area contributed by atoms with Crippen LogP contribution in [0.5, 0.6) is 11.5 Å². The van der Waals surface area contributed by atoms with Crippen LogP contribution in [0.1, 0.15) is 27.2 Å². The summed E-state index contributed by atoms with van der Waals surface area (Å²) in [6.07, 6.45) is -0.291. The second-order valence-corrected chi connectivity index (χ2v) is 9.02. The number of halogens is 1. The van der Waals surface area contributed by atoms with Gasteiger partial charge in [0.2, 0.25) is 10.0 Å². The van der Waals surface area contributed by atoms with E-state index in [9.17, 15) is 22.4 Å². The molecule has 0 radical (unpaired) electrons. The molecule has 0 unspecified atom stereocenters. The fourth-order valence-corrected chi connectivity index (χ4v) is 4.57. The molecular weight excluding hydrogens is 443 g/mol. The van der Waals surface area contributed by atoms with Crippen LogP contribution in [0.4, 0.5) is 4.39 Å². The van der Waals surface area contributed by atoms with Crippen molar-refractivity contribution < 1.29 is 37.1 Å². The highest BCUT2D eigenvalue weighted by atomic mass is 32.2. The number of esters is 1. The lowest BCUT2D eigenvalue weighted by atomic mass is 10.1. The van der Waals surface area contributed by atoms with E-state index in [1.807, 2.05) is 0 Å². The Morgan fingerprint density at radius 1 is 1.06 bits per heavy atom. The van der Waals surface area contributed by atoms with E-state index in [-0.39, 0.29) is 24.5 Å². The van der Waals surface area contributed by atoms with Crippen molar-refractivity contribution in [1.82, 2.24) is 9.79 Å². The average Bonchev–Trinajstić information content (AvgIpc) is 2.75. The van der Waals surface area contributed by atoms with Crippen LogP contribution in [0.25, 0.3) is 0 Å². The number of hydrogen-bond acceptors (Lipinski definition) is 7. The molecule has 174 valence electrons. The van der Waals surface area contributed by atoms with Crippen molar-refractivity contribution in [3.8, 4) is 11.5 Å². The quantitative estimate of drug-likeness (QED) is 0.312. The molecule has 11 heteroatoms. The van der Waals surface area contributed by atoms with Crippen LogP contribution in [0.2, 0.25) is 0 Å². The number of amides is 1. The van der Waals surface area contributed by atoms with E-state index in [2.05, 4.69) is 0 Å². The zero-order valence-corrected chi connectivity index (χ0v) is 18.7. The van der Waals surface area contributed by atoms with Gasteiger partial charge >= 0.3 is 5.97 Å². The Morgan fingerprint density at radius 3 is 2.09 bits per heavy atom. The summed E-state index contributed by atoms with van der Waals surface area (Å²) in [7, 11) is -4.27. The average molecular weight is 469 g/mol. The first-order valence-electron chi connectivity index (χ1n) is 9.69. The molecule has 0 saturated carbocycles. The maximum atomic E-state index is 13.3. The third-order valence-electron chi connectivity index (χ3n) is 4.57. The van der Waals surface area contributed by atoms with Crippen LogP contribution < -0.4 is 10.2 Å². The van der Waals surface area contributed by atoms with E-state index >= 15 is 0 Å². The van der Waals surface area contributed by atoms with E-state index in [0.29, 0.717) is 11.5 Å². The van der Waals surface area contributed by atoms with Crippen molar-refractivity contribution in [2.75, 3.05) is 13.2 Å². The summed E-state index contributed by atoms with van der Waals surface area (Å²) in [5.41, 5.74) is -0.264. The van der Waals surface area contributed by atoms with Crippen molar-refractivity contribution in [3.05, 3.63) is 54.3 Å². The number of carbonyl (C=O) groups excluding carboxylic acids is 2. The Morgan fingerprint density at radius 2 is 1.59 bits per heavy atom. The number of hydroxylamine groups is 1. The van der Waals surface area contributed by atoms with E-state index in [1.165, 1.54) is 67.9 Å². The largest absolute Gasteiger partial charge is 0.466 e. The van der Waals surface area contributed by atoms with Crippen molar-refractivity contribution in [2.24, 2.45) is 0 Å². The van der Waals surface area contributed by atoms with Crippen molar-refractivity contribution in [2.45, 2.75) is 37.6 Å². The minimum Gasteiger partial charge on any atom is -0.466 e. The lowest BCUT2D eigenvalue weighted by Crippen LogP contribution is -2.57. The molecule has 0 fully saturated rings. The van der Waals surface area contributed by atoms with Gasteiger partial charge in [-0.1, -0.05) is 0 Å². The van der Waals surface area contributed by atoms with Crippen molar-refractivity contribution >= 4 is 21.9 Å². The van der Waals surface area contributed by atoms with Crippen LogP contribution in [0, 0.1) is 5.82 Å². The summed E-state index contributed by atoms with van der Waals surface area (Å²) in [6.45, 7) is 3.99. The predicted octanol–water partition coefficient (Wildman–Crippen LogP) is 2.85. The lowest BCUT2D eigenvalue weighted by molar-refractivity contribution is -0.144. The first-order chi connectivity index (χ1) is 15.0. The number of hydrogen-bond donors (Lipinski definition) is 2. The minimum atomic E-state index is -4.27. The van der Waals surface area contributed by atoms with Crippen LogP contribution in [-0.2, 0) is 24.3 Å². The van der Waals surface area contributed by atoms with Gasteiger partial charge in [-0.25, -0.2) is 18.3 Å². The summed E-state index contributed by atoms with van der Waals surface area (Å²) in [6, 6.07) is 10.7. The highest BCUT2D eigenvalue weighted by molar-refractivity contribution is 7.89. The van der Waals surface area contributed by atoms with Crippen molar-refractivity contribution in [1.29, 1.82) is 0 Å². The number of benzene rings is 2. The fraction of sp³-hybridized carbons (Fsp3) is 0.333. The Hall–Kier alpha value is -3.02. The van der Waals surface area contributed by atoms with Gasteiger partial charge in [-0.15, -0.1) is 0 Å². The van der Waals surface area contributed by atoms with Crippen LogP contribution in [0.15, 0.2) is 53.4 Å². The normalized spacial score (nSPS) is 11.8. The van der Waals surface area contributed by atoms with Crippen LogP contribution in [-0.4, -0.2) is 48.5 Å². The molecule has 2 aromatic rings. The first-order valence-corrected chi connectivity index (χ1v) is 11.1. The van der Waals surface area contributed by atoms with Gasteiger partial charge in [0.05, 0.1) is 17.9 Å². The van der Waals surface area contributed by atoms with Gasteiger partial charge in [0, 0.05) is 6.54 Å². The molecule has 0 heterocycles. The third kappa shape index (κ3) is 6.02. The zero-order valence-electron chi connectivity index (χ0n) is 17.9. The molecule has 0 atom stereocenters. The molecule has 0 aromatic heterocycles. The SMILES string of the molecule is CCOC(=O)CCN(C(C)(C)C(=O)NO)S(=O)(=O)c1ccc(Oc2ccc(F)cc2)cc1. The second kappa shape index (κ2) is 10.5. The molecule has 1 amide bonds. The standard InChI is InChI=1S/C21H25FN2O7S/c1-4-30-19(25)13-14-24(21(2,3)20(26)23-27)32(28,29)18-11-9-17(10-12-18)31-16-7-5-15(22)6-8-16/h5-12,27H,4,13-14H2,1-3H3,(H,23,26). The molecule has 0 aliphatic rings. The Balaban J connectivity index is 2.31. The summed E-state index contributed by atoms with van der Waals surface area (Å²) in [4.78, 5) is 23.8. The summed E-state index contributed by atoms with van der Waals surface area (Å²) in [5, 5.41) is 9.06. The molecule has 0 saturated heterocycles. The maximum Gasteiger partial charge on any atom is 0.307 e. The Bertz CT molecular complexity index is 1040. The Labute approximate surface area is 185 Å². The molecule has 2 aromatic carbocycles. The Kier molecular flexibility index (Phi) is 8.31. The lowest BCUT2D eigenvalue weighted by Gasteiger charge is -2.35. The third-order valence-corrected chi connectivity index (χ3v) is 6.65. The summed E-state index contributed by atoms with van der Waals surface area (Å²) < 4.78 is 50.8. The second-order valence-electron chi connectivity index (χ2n) is 7.16. The molecule has 32 heavy (non-hydrogen) atoms. The van der Waals surface area contributed by atoms with Gasteiger partial charge < -0.3 is 9.47 Å². The summed E-state index contributed by atoms with van der Waals surface area (Å²) in [5.74, 6) is -1.35. The van der Waals surface area contributed by atoms with Gasteiger partial charge in [0.15, 0.2) is 0 Å². The minimum absolute atomic E-state index is 0.127. The van der Waals surface area contributed by atoms with E-state index in [4.69, 9.17) is 14.7 Å². The molecular formula is C21H25FN2O7S. The zero-order chi connectivity index (χ0) is 23.9. The molecule has 2 rings (SSSR count). The molecule has 2 N–H and O–H groups in total. The summed E-state index contributed by atoms with van der Waals surface area (Å²) >= 11 is 0. The number of carbonyl (C=O) groups is 2. The monoisotopic (exact) mass is 468 g/mol. The molecule has 0 aliphatic heterocycles. The molecule has 0 bridgehead atoms. The van der Waals surface area contributed by atoms with Gasteiger partial charge in [-0.05, 0) is 69.3 Å². The first kappa shape index (κ1) is 25.2. The number of rotatable bonds is 10. The van der Waals surface area contributed by atoms with Gasteiger partial charge in [0.25, 0.3) is 5.91 Å². The molecule has 0 aliphatic carbocycles. The smallest absolute Gasteiger partial charge is 0.307 e. The van der Waals surface area contributed by atoms with E-state index in [1.54, 1.807) is 6.92 Å². The maximum absolute atomic E-state index is 13.3. The van der Waals surface area contributed by atoms with E-state index in [0.717, 1.165) is 4.31 Å². The van der Waals surface area contributed by atoms with Crippen LogP contribution in [0.3, 0.4) is 0 Å². The van der Waals surface area contributed by atoms with Crippen LogP contribution >= 0.6 is 0 Å². The van der Waals surface area contributed by atoms with Crippen molar-refractivity contribution in [3.63, 3.8) is 0 Å². The highest BCUT2D eigenvalue weighted by Gasteiger charge is 2.42. The number of ether oxygens (including phenoxy) is 2. The van der Waals surface area contributed by atoms with Gasteiger partial charge in [-0.2, -0.15) is 4.31 Å². The fourth-order valence-electron chi connectivity index (χ4n) is 2.82. The van der Waals surface area contributed by atoms with E-state index < -0.39 is 33.3 Å². The molecule has 9 nitrogen and oxygen atoms in total. The highest BCUT2D eigenvalue weighted by Crippen LogP contribution is 2.28.